The minimum absolute atomic E-state index is 0. The van der Waals surface area contributed by atoms with Crippen LogP contribution in [0.1, 0.15) is 30.2 Å². The Balaban J connectivity index is 0.00000306. The summed E-state index contributed by atoms with van der Waals surface area (Å²) < 4.78 is 30.4. The van der Waals surface area contributed by atoms with Crippen LogP contribution in [0, 0.1) is 0 Å². The zero-order chi connectivity index (χ0) is 22.7. The number of rotatable bonds is 7. The summed E-state index contributed by atoms with van der Waals surface area (Å²) in [6, 6.07) is 14.1. The first-order valence-corrected chi connectivity index (χ1v) is 13.8. The van der Waals surface area contributed by atoms with Crippen molar-refractivity contribution in [3.8, 4) is 0 Å². The van der Waals surface area contributed by atoms with Crippen LogP contribution in [0.25, 0.3) is 0 Å². The van der Waals surface area contributed by atoms with Gasteiger partial charge >= 0.3 is 0 Å². The van der Waals surface area contributed by atoms with Crippen molar-refractivity contribution in [1.29, 1.82) is 0 Å². The molecule has 0 aliphatic carbocycles. The lowest BCUT2D eigenvalue weighted by atomic mass is 10.1. The van der Waals surface area contributed by atoms with E-state index in [-0.39, 0.29) is 24.2 Å². The zero-order valence-electron chi connectivity index (χ0n) is 18.2. The molecule has 0 unspecified atom stereocenters. The van der Waals surface area contributed by atoms with Crippen molar-refractivity contribution in [1.82, 2.24) is 14.3 Å². The molecule has 6 nitrogen and oxygen atoms in total. The summed E-state index contributed by atoms with van der Waals surface area (Å²) in [5.74, 6) is 0.147. The highest BCUT2D eigenvalue weighted by molar-refractivity contribution is 9.10. The Morgan fingerprint density at radius 3 is 2.52 bits per heavy atom. The summed E-state index contributed by atoms with van der Waals surface area (Å²) in [5.41, 5.74) is 4.16. The Hall–Kier alpha value is -1.39. The molecule has 0 bridgehead atoms. The summed E-state index contributed by atoms with van der Waals surface area (Å²) >= 11 is 7.05. The summed E-state index contributed by atoms with van der Waals surface area (Å²) in [4.78, 5) is 9.60. The number of aromatic amines is 1. The third-order valence-corrected chi connectivity index (χ3v) is 8.75. The molecule has 2 heterocycles. The molecule has 1 aliphatic heterocycles. The van der Waals surface area contributed by atoms with Crippen LogP contribution < -0.4 is 4.90 Å². The molecule has 178 valence electrons. The molecule has 0 spiro atoms. The van der Waals surface area contributed by atoms with Gasteiger partial charge in [0.2, 0.25) is 10.0 Å². The van der Waals surface area contributed by atoms with E-state index in [4.69, 9.17) is 0 Å². The van der Waals surface area contributed by atoms with E-state index in [1.807, 2.05) is 37.4 Å². The highest BCUT2D eigenvalue weighted by Gasteiger charge is 2.35. The minimum Gasteiger partial charge on any atom is -0.364 e. The number of aromatic nitrogens is 2. The number of nitrogens with one attached hydrogen (secondary N) is 1. The van der Waals surface area contributed by atoms with E-state index >= 15 is 0 Å². The smallest absolute Gasteiger partial charge is 0.214 e. The predicted molar refractivity (Wildman–Crippen MR) is 142 cm³/mol. The SMILES string of the molecule is CCCS(=O)(=O)N1Cc2cc(Br)ccc2N(Cc2cnc[nH]2)C[C@H]1Cc1ccc(Br)cc1.Cl. The van der Waals surface area contributed by atoms with Crippen LogP contribution in [0.15, 0.2) is 63.9 Å². The predicted octanol–water partition coefficient (Wildman–Crippen LogP) is 5.53. The largest absolute Gasteiger partial charge is 0.364 e. The lowest BCUT2D eigenvalue weighted by molar-refractivity contribution is 0.317. The second-order valence-corrected chi connectivity index (χ2v) is 11.9. The summed E-state index contributed by atoms with van der Waals surface area (Å²) in [7, 11) is -3.41. The van der Waals surface area contributed by atoms with Gasteiger partial charge in [-0.3, -0.25) is 0 Å². The number of hydrogen-bond donors (Lipinski definition) is 1. The van der Waals surface area contributed by atoms with E-state index in [0.29, 0.717) is 32.5 Å². The van der Waals surface area contributed by atoms with Crippen molar-refractivity contribution in [3.05, 3.63) is 80.8 Å². The quantitative estimate of drug-likeness (QED) is 0.378. The molecule has 33 heavy (non-hydrogen) atoms. The molecule has 1 aliphatic rings. The van der Waals surface area contributed by atoms with Crippen LogP contribution >= 0.6 is 44.3 Å². The number of imidazole rings is 1. The molecule has 1 aromatic heterocycles. The van der Waals surface area contributed by atoms with Crippen molar-refractivity contribution >= 4 is 60.0 Å². The highest BCUT2D eigenvalue weighted by atomic mass is 79.9. The Kier molecular flexibility index (Phi) is 9.02. The van der Waals surface area contributed by atoms with Gasteiger partial charge in [0, 0.05) is 40.0 Å². The number of anilines is 1. The fraction of sp³-hybridized carbons (Fsp3) is 0.348. The lowest BCUT2D eigenvalue weighted by Gasteiger charge is -2.32. The van der Waals surface area contributed by atoms with E-state index < -0.39 is 10.0 Å². The first-order valence-electron chi connectivity index (χ1n) is 10.6. The Labute approximate surface area is 218 Å². The third-order valence-electron chi connectivity index (χ3n) is 5.67. The number of halogens is 3. The molecule has 0 radical (unpaired) electrons. The lowest BCUT2D eigenvalue weighted by Crippen LogP contribution is -2.46. The van der Waals surface area contributed by atoms with Crippen LogP contribution in [-0.4, -0.2) is 41.0 Å². The zero-order valence-corrected chi connectivity index (χ0v) is 23.1. The summed E-state index contributed by atoms with van der Waals surface area (Å²) in [6.07, 6.45) is 4.73. The fourth-order valence-corrected chi connectivity index (χ4v) is 6.57. The summed E-state index contributed by atoms with van der Waals surface area (Å²) in [5, 5.41) is 0. The molecule has 0 fully saturated rings. The van der Waals surface area contributed by atoms with Crippen molar-refractivity contribution in [3.63, 3.8) is 0 Å². The number of nitrogens with zero attached hydrogens (tertiary/aromatic N) is 3. The van der Waals surface area contributed by atoms with Gasteiger partial charge in [0.25, 0.3) is 0 Å². The molecule has 3 aromatic rings. The van der Waals surface area contributed by atoms with Crippen LogP contribution in [-0.2, 0) is 29.5 Å². The molecule has 2 aromatic carbocycles. The van der Waals surface area contributed by atoms with E-state index in [1.54, 1.807) is 10.6 Å². The Bertz CT molecular complexity index is 1160. The van der Waals surface area contributed by atoms with Crippen molar-refractivity contribution in [2.45, 2.75) is 38.9 Å². The second kappa shape index (κ2) is 11.4. The average Bonchev–Trinajstić information content (AvgIpc) is 3.20. The molecular formula is C23H27Br2ClN4O2S. The maximum absolute atomic E-state index is 13.4. The second-order valence-electron chi connectivity index (χ2n) is 8.08. The monoisotopic (exact) mass is 616 g/mol. The van der Waals surface area contributed by atoms with Gasteiger partial charge in [0.15, 0.2) is 0 Å². The molecule has 1 N–H and O–H groups in total. The number of hydrogen-bond acceptors (Lipinski definition) is 4. The number of benzene rings is 2. The normalized spacial score (nSPS) is 16.7. The van der Waals surface area contributed by atoms with E-state index in [9.17, 15) is 8.42 Å². The molecule has 0 saturated heterocycles. The van der Waals surface area contributed by atoms with E-state index in [2.05, 4.69) is 64.9 Å². The van der Waals surface area contributed by atoms with Gasteiger partial charge < -0.3 is 9.88 Å². The van der Waals surface area contributed by atoms with Crippen LogP contribution in [0.4, 0.5) is 5.69 Å². The Morgan fingerprint density at radius 1 is 1.12 bits per heavy atom. The molecule has 4 rings (SSSR count). The van der Waals surface area contributed by atoms with Gasteiger partial charge in [-0.25, -0.2) is 13.4 Å². The maximum atomic E-state index is 13.4. The van der Waals surface area contributed by atoms with Crippen molar-refractivity contribution in [2.75, 3.05) is 17.2 Å². The topological polar surface area (TPSA) is 69.3 Å². The first-order chi connectivity index (χ1) is 15.4. The van der Waals surface area contributed by atoms with Crippen molar-refractivity contribution in [2.24, 2.45) is 0 Å². The number of sulfonamides is 1. The first kappa shape index (κ1) is 26.2. The molecule has 0 amide bonds. The molecule has 1 atom stereocenters. The van der Waals surface area contributed by atoms with Crippen LogP contribution in [0.2, 0.25) is 0 Å². The average molecular weight is 619 g/mol. The third kappa shape index (κ3) is 6.39. The van der Waals surface area contributed by atoms with Gasteiger partial charge in [0.1, 0.15) is 0 Å². The Morgan fingerprint density at radius 2 is 1.85 bits per heavy atom. The van der Waals surface area contributed by atoms with Crippen molar-refractivity contribution < 1.29 is 8.42 Å². The van der Waals surface area contributed by atoms with Crippen LogP contribution in [0.5, 0.6) is 0 Å². The van der Waals surface area contributed by atoms with Gasteiger partial charge in [-0.2, -0.15) is 4.31 Å². The molecule has 10 heteroatoms. The number of H-pyrrole nitrogens is 1. The van der Waals surface area contributed by atoms with Gasteiger partial charge in [-0.1, -0.05) is 50.9 Å². The highest BCUT2D eigenvalue weighted by Crippen LogP contribution is 2.33. The standard InChI is InChI=1S/C23H26Br2N4O2S.ClH/c1-2-9-32(30,31)29-13-18-11-20(25)7-8-23(18)28(14-21-12-26-16-27-21)15-22(29)10-17-3-5-19(24)6-4-17;/h3-8,11-12,16,22H,2,9-10,13-15H2,1H3,(H,26,27);1H/t22-;/m1./s1. The van der Waals surface area contributed by atoms with E-state index in [0.717, 1.165) is 31.5 Å². The summed E-state index contributed by atoms with van der Waals surface area (Å²) in [6.45, 7) is 3.49. The number of fused-ring (bicyclic) bond motifs is 1. The molecular weight excluding hydrogens is 592 g/mol. The van der Waals surface area contributed by atoms with Gasteiger partial charge in [-0.15, -0.1) is 12.4 Å². The van der Waals surface area contributed by atoms with Crippen LogP contribution in [0.3, 0.4) is 0 Å². The van der Waals surface area contributed by atoms with Gasteiger partial charge in [-0.05, 0) is 54.3 Å². The molecule has 0 saturated carbocycles. The minimum atomic E-state index is -3.41. The van der Waals surface area contributed by atoms with E-state index in [1.165, 1.54) is 0 Å². The van der Waals surface area contributed by atoms with Gasteiger partial charge in [0.05, 0.1) is 24.3 Å². The fourth-order valence-electron chi connectivity index (χ4n) is 4.22. The maximum Gasteiger partial charge on any atom is 0.214 e.